The lowest BCUT2D eigenvalue weighted by atomic mass is 9.79. The number of carbonyl (C=O) groups is 2. The summed E-state index contributed by atoms with van der Waals surface area (Å²) in [6.07, 6.45) is 7.07. The molecule has 0 bridgehead atoms. The standard InChI is InChI=1S/C42H58N2O8/c1-25(2)15-29-23-43-13-11-27-17-37(47-5)39(49-7)19-31(27)33(43)21-35(29)51-41(45)9-10-42(46)52-36-22-34-32-20-40(50-8)38(48-6)18-28(32)12-14-44(34)24-30(36)16-26(3)4/h9-10,17-20,25-26,29-30,33-36H,11-16,21-24H2,1-8H3/b10-9+/t29-,30-,33-,34-,35-,36-/m1/s1. The first-order valence-electron chi connectivity index (χ1n) is 19.1. The van der Waals surface area contributed by atoms with Gasteiger partial charge in [0.15, 0.2) is 23.0 Å². The van der Waals surface area contributed by atoms with Crippen LogP contribution in [0.5, 0.6) is 23.0 Å². The number of ether oxygens (including phenoxy) is 6. The van der Waals surface area contributed by atoms with Gasteiger partial charge in [-0.25, -0.2) is 9.59 Å². The van der Waals surface area contributed by atoms with Crippen molar-refractivity contribution in [2.45, 2.75) is 90.5 Å². The highest BCUT2D eigenvalue weighted by Crippen LogP contribution is 2.46. The third-order valence-corrected chi connectivity index (χ3v) is 11.6. The van der Waals surface area contributed by atoms with E-state index in [-0.39, 0.29) is 36.1 Å². The molecule has 0 amide bonds. The van der Waals surface area contributed by atoms with Crippen LogP contribution in [0.3, 0.4) is 0 Å². The Hall–Kier alpha value is -3.76. The quantitative estimate of drug-likeness (QED) is 0.174. The van der Waals surface area contributed by atoms with E-state index in [1.165, 1.54) is 34.4 Å². The lowest BCUT2D eigenvalue weighted by molar-refractivity contribution is -0.154. The zero-order chi connectivity index (χ0) is 37.1. The molecule has 10 heteroatoms. The molecule has 0 spiro atoms. The summed E-state index contributed by atoms with van der Waals surface area (Å²) in [5.74, 6) is 3.16. The van der Waals surface area contributed by atoms with Gasteiger partial charge in [-0.05, 0) is 84.0 Å². The van der Waals surface area contributed by atoms with Crippen LogP contribution in [-0.2, 0) is 31.9 Å². The lowest BCUT2D eigenvalue weighted by Gasteiger charge is -2.47. The Morgan fingerprint density at radius 2 is 1.00 bits per heavy atom. The zero-order valence-corrected chi connectivity index (χ0v) is 32.3. The lowest BCUT2D eigenvalue weighted by Crippen LogP contribution is -2.49. The minimum absolute atomic E-state index is 0.105. The van der Waals surface area contributed by atoms with Gasteiger partial charge in [-0.3, -0.25) is 9.80 Å². The van der Waals surface area contributed by atoms with E-state index in [2.05, 4.69) is 61.8 Å². The molecule has 0 aromatic heterocycles. The van der Waals surface area contributed by atoms with E-state index >= 15 is 0 Å². The fourth-order valence-corrected chi connectivity index (χ4v) is 9.28. The van der Waals surface area contributed by atoms with Crippen molar-refractivity contribution in [1.82, 2.24) is 9.80 Å². The number of fused-ring (bicyclic) bond motifs is 6. The molecule has 4 aliphatic heterocycles. The van der Waals surface area contributed by atoms with Gasteiger partial charge in [-0.15, -0.1) is 0 Å². The Kier molecular flexibility index (Phi) is 12.1. The monoisotopic (exact) mass is 718 g/mol. The number of esters is 2. The number of carbonyl (C=O) groups excluding carboxylic acids is 2. The number of rotatable bonds is 12. The van der Waals surface area contributed by atoms with E-state index in [0.717, 1.165) is 63.4 Å². The molecule has 4 heterocycles. The first-order chi connectivity index (χ1) is 25.0. The predicted molar refractivity (Wildman–Crippen MR) is 199 cm³/mol. The molecule has 0 aliphatic carbocycles. The highest BCUT2D eigenvalue weighted by molar-refractivity contribution is 5.91. The van der Waals surface area contributed by atoms with Crippen LogP contribution in [0.1, 0.15) is 87.7 Å². The van der Waals surface area contributed by atoms with E-state index in [0.29, 0.717) is 36.2 Å². The van der Waals surface area contributed by atoms with Gasteiger partial charge in [-0.2, -0.15) is 0 Å². The van der Waals surface area contributed by atoms with Gasteiger partial charge in [0.1, 0.15) is 12.2 Å². The molecule has 52 heavy (non-hydrogen) atoms. The van der Waals surface area contributed by atoms with Crippen molar-refractivity contribution >= 4 is 11.9 Å². The van der Waals surface area contributed by atoms with Crippen LogP contribution in [0.2, 0.25) is 0 Å². The molecular weight excluding hydrogens is 660 g/mol. The molecule has 0 N–H and O–H groups in total. The molecule has 2 fully saturated rings. The summed E-state index contributed by atoms with van der Waals surface area (Å²) in [6.45, 7) is 12.4. The second-order valence-electron chi connectivity index (χ2n) is 15.9. The molecule has 2 saturated heterocycles. The van der Waals surface area contributed by atoms with Gasteiger partial charge >= 0.3 is 11.9 Å². The van der Waals surface area contributed by atoms with Crippen LogP contribution in [0.4, 0.5) is 0 Å². The van der Waals surface area contributed by atoms with E-state index in [4.69, 9.17) is 28.4 Å². The van der Waals surface area contributed by atoms with Gasteiger partial charge < -0.3 is 28.4 Å². The molecule has 2 aromatic rings. The van der Waals surface area contributed by atoms with Gasteiger partial charge in [0.05, 0.1) is 28.4 Å². The number of piperidine rings is 2. The summed E-state index contributed by atoms with van der Waals surface area (Å²) in [5, 5.41) is 0. The van der Waals surface area contributed by atoms with Crippen molar-refractivity contribution in [2.75, 3.05) is 54.6 Å². The van der Waals surface area contributed by atoms with Crippen LogP contribution in [0.25, 0.3) is 0 Å². The second kappa shape index (κ2) is 16.5. The van der Waals surface area contributed by atoms with E-state index in [9.17, 15) is 9.59 Å². The summed E-state index contributed by atoms with van der Waals surface area (Å²) in [4.78, 5) is 31.8. The predicted octanol–water partition coefficient (Wildman–Crippen LogP) is 6.73. The Morgan fingerprint density at radius 1 is 0.635 bits per heavy atom. The molecule has 284 valence electrons. The molecule has 0 saturated carbocycles. The molecule has 4 aliphatic rings. The summed E-state index contributed by atoms with van der Waals surface area (Å²) < 4.78 is 34.8. The average Bonchev–Trinajstić information content (AvgIpc) is 3.12. The Balaban J connectivity index is 1.15. The van der Waals surface area contributed by atoms with Crippen molar-refractivity contribution < 1.29 is 38.0 Å². The minimum atomic E-state index is -0.511. The Bertz CT molecular complexity index is 1500. The number of benzene rings is 2. The summed E-state index contributed by atoms with van der Waals surface area (Å²) >= 11 is 0. The maximum Gasteiger partial charge on any atom is 0.331 e. The molecule has 2 aromatic carbocycles. The Labute approximate surface area is 309 Å². The molecular formula is C42H58N2O8. The molecule has 6 rings (SSSR count). The van der Waals surface area contributed by atoms with Gasteiger partial charge in [0.2, 0.25) is 0 Å². The zero-order valence-electron chi connectivity index (χ0n) is 32.3. The van der Waals surface area contributed by atoms with Crippen LogP contribution < -0.4 is 18.9 Å². The van der Waals surface area contributed by atoms with Crippen LogP contribution >= 0.6 is 0 Å². The van der Waals surface area contributed by atoms with E-state index in [1.54, 1.807) is 28.4 Å². The van der Waals surface area contributed by atoms with Crippen LogP contribution in [0, 0.1) is 23.7 Å². The smallest absolute Gasteiger partial charge is 0.331 e. The first-order valence-corrected chi connectivity index (χ1v) is 19.1. The normalized spacial score (nSPS) is 25.9. The van der Waals surface area contributed by atoms with Crippen LogP contribution in [-0.4, -0.2) is 88.6 Å². The van der Waals surface area contributed by atoms with Gasteiger partial charge in [0, 0.05) is 75.1 Å². The fourth-order valence-electron chi connectivity index (χ4n) is 9.28. The number of hydrogen-bond acceptors (Lipinski definition) is 10. The fraction of sp³-hybridized carbons (Fsp3) is 0.619. The van der Waals surface area contributed by atoms with E-state index < -0.39 is 11.9 Å². The average molecular weight is 719 g/mol. The molecule has 0 radical (unpaired) electrons. The summed E-state index contributed by atoms with van der Waals surface area (Å²) in [6, 6.07) is 8.54. The van der Waals surface area contributed by atoms with Crippen molar-refractivity contribution in [3.05, 3.63) is 58.7 Å². The number of hydrogen-bond donors (Lipinski definition) is 0. The summed E-state index contributed by atoms with van der Waals surface area (Å²) in [7, 11) is 6.63. The maximum absolute atomic E-state index is 13.4. The van der Waals surface area contributed by atoms with Gasteiger partial charge in [0.25, 0.3) is 0 Å². The number of methoxy groups -OCH3 is 4. The SMILES string of the molecule is COc1cc2c(cc1OC)[C@H]1C[C@@H](OC(=O)/C=C/C(=O)O[C@@H]3C[C@@H]4c5cc(OC)c(OC)cc5CCN4C[C@H]3CC(C)C)[C@H](CC(C)C)CN1CC2. The van der Waals surface area contributed by atoms with E-state index in [1.807, 2.05) is 0 Å². The largest absolute Gasteiger partial charge is 0.493 e. The second-order valence-corrected chi connectivity index (χ2v) is 15.9. The highest BCUT2D eigenvalue weighted by Gasteiger charge is 2.43. The molecule has 10 nitrogen and oxygen atoms in total. The first kappa shape index (κ1) is 38.0. The van der Waals surface area contributed by atoms with Crippen molar-refractivity contribution in [3.63, 3.8) is 0 Å². The van der Waals surface area contributed by atoms with Crippen molar-refractivity contribution in [1.29, 1.82) is 0 Å². The van der Waals surface area contributed by atoms with Crippen molar-refractivity contribution in [3.8, 4) is 23.0 Å². The third-order valence-electron chi connectivity index (χ3n) is 11.6. The third kappa shape index (κ3) is 8.23. The maximum atomic E-state index is 13.4. The van der Waals surface area contributed by atoms with Crippen LogP contribution in [0.15, 0.2) is 36.4 Å². The Morgan fingerprint density at radius 3 is 1.35 bits per heavy atom. The topological polar surface area (TPSA) is 96.0 Å². The molecule has 6 atom stereocenters. The minimum Gasteiger partial charge on any atom is -0.493 e. The number of nitrogens with zero attached hydrogens (tertiary/aromatic N) is 2. The van der Waals surface area contributed by atoms with Gasteiger partial charge in [-0.1, -0.05) is 27.7 Å². The van der Waals surface area contributed by atoms with Crippen molar-refractivity contribution in [2.24, 2.45) is 23.7 Å². The highest BCUT2D eigenvalue weighted by atomic mass is 16.6. The molecule has 0 unspecified atom stereocenters. The summed E-state index contributed by atoms with van der Waals surface area (Å²) in [5.41, 5.74) is 4.89.